The third-order valence-corrected chi connectivity index (χ3v) is 3.06. The summed E-state index contributed by atoms with van der Waals surface area (Å²) >= 11 is 4.68. The van der Waals surface area contributed by atoms with Gasteiger partial charge < -0.3 is 4.55 Å². The summed E-state index contributed by atoms with van der Waals surface area (Å²) in [7, 11) is -0.741. The second kappa shape index (κ2) is 9.62. The third-order valence-electron chi connectivity index (χ3n) is 1.92. The van der Waals surface area contributed by atoms with Crippen molar-refractivity contribution in [3.63, 3.8) is 0 Å². The number of rotatable bonds is 8. The van der Waals surface area contributed by atoms with Crippen LogP contribution in [0.1, 0.15) is 51.9 Å². The third kappa shape index (κ3) is 10.5. The second-order valence-corrected chi connectivity index (χ2v) is 5.35. The Kier molecular flexibility index (Phi) is 10.0. The van der Waals surface area contributed by atoms with Crippen molar-refractivity contribution in [3.05, 3.63) is 0 Å². The van der Waals surface area contributed by atoms with Crippen molar-refractivity contribution in [1.82, 2.24) is 0 Å². The molecule has 0 saturated carbocycles. The molecule has 1 unspecified atom stereocenters. The fourth-order valence-electron chi connectivity index (χ4n) is 1.18. The molecule has 0 bridgehead atoms. The van der Waals surface area contributed by atoms with Gasteiger partial charge >= 0.3 is 0 Å². The van der Waals surface area contributed by atoms with Gasteiger partial charge in [0.25, 0.3) is 0 Å². The van der Waals surface area contributed by atoms with Gasteiger partial charge in [-0.15, -0.1) is 0 Å². The zero-order chi connectivity index (χ0) is 9.23. The molecule has 0 aromatic heterocycles. The van der Waals surface area contributed by atoms with E-state index in [-0.39, 0.29) is 0 Å². The molecule has 0 aliphatic heterocycles. The molecule has 74 valence electrons. The van der Waals surface area contributed by atoms with E-state index < -0.39 is 9.74 Å². The highest BCUT2D eigenvalue weighted by Gasteiger charge is 1.91. The molecule has 12 heavy (non-hydrogen) atoms. The lowest BCUT2D eigenvalue weighted by molar-refractivity contribution is 0.598. The van der Waals surface area contributed by atoms with Gasteiger partial charge in [-0.05, 0) is 17.6 Å². The Hall–Kier alpha value is 0.530. The first-order chi connectivity index (χ1) is 5.77. The Morgan fingerprint density at radius 2 is 1.50 bits per heavy atom. The fraction of sp³-hybridized carbons (Fsp3) is 1.00. The van der Waals surface area contributed by atoms with E-state index in [1.165, 1.54) is 38.5 Å². The van der Waals surface area contributed by atoms with E-state index in [9.17, 15) is 0 Å². The number of hydrogen-bond donors (Lipinski definition) is 1. The predicted octanol–water partition coefficient (Wildman–Crippen LogP) is 3.29. The first-order valence-electron chi connectivity index (χ1n) is 4.85. The van der Waals surface area contributed by atoms with E-state index in [1.54, 1.807) is 0 Å². The summed E-state index contributed by atoms with van der Waals surface area (Å²) in [5.41, 5.74) is 0. The van der Waals surface area contributed by atoms with Gasteiger partial charge in [-0.3, -0.25) is 0 Å². The quantitative estimate of drug-likeness (QED) is 0.618. The van der Waals surface area contributed by atoms with E-state index >= 15 is 0 Å². The van der Waals surface area contributed by atoms with E-state index in [1.807, 2.05) is 0 Å². The largest absolute Gasteiger partial charge is 0.327 e. The molecule has 0 aromatic rings. The maximum atomic E-state index is 8.84. The molecule has 0 rings (SSSR count). The van der Waals surface area contributed by atoms with Crippen LogP contribution < -0.4 is 0 Å². The molecule has 0 fully saturated rings. The molecular weight excluding hydrogens is 188 g/mol. The minimum atomic E-state index is -0.741. The Labute approximate surface area is 83.4 Å². The predicted molar refractivity (Wildman–Crippen MR) is 60.2 cm³/mol. The molecule has 1 nitrogen and oxygen atoms in total. The van der Waals surface area contributed by atoms with Crippen molar-refractivity contribution in [2.45, 2.75) is 51.9 Å². The van der Waals surface area contributed by atoms with Crippen LogP contribution in [-0.4, -0.2) is 10.3 Å². The second-order valence-electron chi connectivity index (χ2n) is 3.15. The van der Waals surface area contributed by atoms with Gasteiger partial charge in [0.2, 0.25) is 0 Å². The van der Waals surface area contributed by atoms with Gasteiger partial charge in [-0.1, -0.05) is 45.4 Å². The summed E-state index contributed by atoms with van der Waals surface area (Å²) in [5.74, 6) is 0.823. The van der Waals surface area contributed by atoms with Crippen LogP contribution in [-0.2, 0) is 20.9 Å². The van der Waals surface area contributed by atoms with Gasteiger partial charge in [-0.2, -0.15) is 0 Å². The average molecular weight is 208 g/mol. The molecular formula is C9H20OS2. The Morgan fingerprint density at radius 1 is 1.00 bits per heavy atom. The highest BCUT2D eigenvalue weighted by molar-refractivity contribution is 8.25. The maximum absolute atomic E-state index is 8.84. The summed E-state index contributed by atoms with van der Waals surface area (Å²) in [6, 6.07) is 0. The molecule has 0 heterocycles. The van der Waals surface area contributed by atoms with E-state index in [0.717, 1.165) is 12.2 Å². The Bertz CT molecular complexity index is 115. The lowest BCUT2D eigenvalue weighted by atomic mass is 10.1. The molecule has 0 saturated heterocycles. The van der Waals surface area contributed by atoms with Gasteiger partial charge in [-0.25, -0.2) is 0 Å². The highest BCUT2D eigenvalue weighted by Crippen LogP contribution is 2.06. The fourth-order valence-corrected chi connectivity index (χ4v) is 1.99. The normalized spacial score (nSPS) is 13.2. The number of hydrogen-bond acceptors (Lipinski definition) is 1. The topological polar surface area (TPSA) is 20.2 Å². The van der Waals surface area contributed by atoms with Gasteiger partial charge in [0.05, 0.1) is 0 Å². The van der Waals surface area contributed by atoms with Crippen molar-refractivity contribution >= 4 is 20.9 Å². The van der Waals surface area contributed by atoms with Crippen LogP contribution in [0.15, 0.2) is 0 Å². The van der Waals surface area contributed by atoms with Crippen molar-refractivity contribution in [2.75, 3.05) is 5.75 Å². The van der Waals surface area contributed by atoms with Crippen LogP contribution in [0.2, 0.25) is 0 Å². The number of unbranched alkanes of at least 4 members (excludes halogenated alkanes) is 6. The molecule has 0 aliphatic rings. The molecule has 0 spiro atoms. The zero-order valence-electron chi connectivity index (χ0n) is 7.92. The lowest BCUT2D eigenvalue weighted by Gasteiger charge is -1.99. The molecule has 0 radical (unpaired) electrons. The zero-order valence-corrected chi connectivity index (χ0v) is 9.55. The van der Waals surface area contributed by atoms with Crippen LogP contribution in [0.5, 0.6) is 0 Å². The maximum Gasteiger partial charge on any atom is 0.0223 e. The molecule has 1 N–H and O–H groups in total. The summed E-state index contributed by atoms with van der Waals surface area (Å²) in [6.07, 6.45) is 9.06. The summed E-state index contributed by atoms with van der Waals surface area (Å²) in [5, 5.41) is 0. The van der Waals surface area contributed by atoms with E-state index in [2.05, 4.69) is 18.1 Å². The molecule has 0 aliphatic carbocycles. The minimum absolute atomic E-state index is 0.741. The van der Waals surface area contributed by atoms with Crippen molar-refractivity contribution in [1.29, 1.82) is 0 Å². The first kappa shape index (κ1) is 12.5. The monoisotopic (exact) mass is 208 g/mol. The Balaban J connectivity index is 2.86. The van der Waals surface area contributed by atoms with Crippen LogP contribution in [0.3, 0.4) is 0 Å². The first-order valence-corrected chi connectivity index (χ1v) is 7.12. The van der Waals surface area contributed by atoms with Crippen LogP contribution in [0, 0.1) is 0 Å². The summed E-state index contributed by atoms with van der Waals surface area (Å²) in [4.78, 5) is 0. The van der Waals surface area contributed by atoms with Crippen LogP contribution >= 0.6 is 0 Å². The molecule has 0 aromatic carbocycles. The van der Waals surface area contributed by atoms with Gasteiger partial charge in [0, 0.05) is 15.5 Å². The van der Waals surface area contributed by atoms with Gasteiger partial charge in [0.1, 0.15) is 0 Å². The molecule has 0 amide bonds. The smallest absolute Gasteiger partial charge is 0.0223 e. The Morgan fingerprint density at radius 3 is 2.00 bits per heavy atom. The van der Waals surface area contributed by atoms with E-state index in [0.29, 0.717) is 0 Å². The van der Waals surface area contributed by atoms with Gasteiger partial charge in [0.15, 0.2) is 0 Å². The SMILES string of the molecule is CCCCCCCCCS(O)=S. The molecule has 3 heteroatoms. The summed E-state index contributed by atoms with van der Waals surface area (Å²) in [6.45, 7) is 2.23. The van der Waals surface area contributed by atoms with Crippen molar-refractivity contribution in [3.8, 4) is 0 Å². The molecule has 1 atom stereocenters. The summed E-state index contributed by atoms with van der Waals surface area (Å²) < 4.78 is 8.84. The van der Waals surface area contributed by atoms with Crippen LogP contribution in [0.4, 0.5) is 0 Å². The average Bonchev–Trinajstić information content (AvgIpc) is 2.02. The van der Waals surface area contributed by atoms with Crippen molar-refractivity contribution in [2.24, 2.45) is 0 Å². The highest BCUT2D eigenvalue weighted by atomic mass is 32.8. The minimum Gasteiger partial charge on any atom is -0.327 e. The lowest BCUT2D eigenvalue weighted by Crippen LogP contribution is -1.92. The van der Waals surface area contributed by atoms with E-state index in [4.69, 9.17) is 4.55 Å². The van der Waals surface area contributed by atoms with Crippen LogP contribution in [0.25, 0.3) is 0 Å². The van der Waals surface area contributed by atoms with Crippen molar-refractivity contribution < 1.29 is 4.55 Å². The standard InChI is InChI=1S/C9H20OS2/c1-2-3-4-5-6-7-8-9-12(10)11/h2-9H2,1H3,(H,10,11).